The topological polar surface area (TPSA) is 84.7 Å². The second kappa shape index (κ2) is 7.09. The van der Waals surface area contributed by atoms with Gasteiger partial charge < -0.3 is 9.40 Å². The van der Waals surface area contributed by atoms with Crippen LogP contribution in [0.5, 0.6) is 0 Å². The molecule has 0 radical (unpaired) electrons. The average molecular weight is 367 g/mol. The molecule has 0 unspecified atom stereocenters. The van der Waals surface area contributed by atoms with Gasteiger partial charge in [0.1, 0.15) is 0 Å². The van der Waals surface area contributed by atoms with Gasteiger partial charge in [0.2, 0.25) is 11.8 Å². The van der Waals surface area contributed by atoms with Crippen molar-refractivity contribution in [3.05, 3.63) is 76.7 Å². The molecule has 2 aromatic carbocycles. The van der Waals surface area contributed by atoms with E-state index in [1.807, 2.05) is 48.5 Å². The summed E-state index contributed by atoms with van der Waals surface area (Å²) in [6, 6.07) is 15.0. The molecule has 0 atom stereocenters. The van der Waals surface area contributed by atoms with E-state index in [0.717, 1.165) is 16.6 Å². The highest BCUT2D eigenvalue weighted by Gasteiger charge is 2.14. The van der Waals surface area contributed by atoms with Crippen LogP contribution in [0.2, 0.25) is 5.02 Å². The van der Waals surface area contributed by atoms with Gasteiger partial charge in [-0.2, -0.15) is 0 Å². The maximum Gasteiger partial charge on any atom is 0.220 e. The minimum absolute atomic E-state index is 0.0907. The van der Waals surface area contributed by atoms with Crippen LogP contribution in [0.4, 0.5) is 0 Å². The predicted molar refractivity (Wildman–Crippen MR) is 97.3 cm³/mol. The maximum absolute atomic E-state index is 12.3. The molecule has 26 heavy (non-hydrogen) atoms. The molecule has 0 spiro atoms. The number of benzene rings is 2. The van der Waals surface area contributed by atoms with E-state index in [2.05, 4.69) is 20.2 Å². The fourth-order valence-electron chi connectivity index (χ4n) is 2.69. The molecule has 130 valence electrons. The van der Waals surface area contributed by atoms with Crippen molar-refractivity contribution in [3.63, 3.8) is 0 Å². The number of carbonyl (C=O) groups excluding carboxylic acids is 1. The summed E-state index contributed by atoms with van der Waals surface area (Å²) in [4.78, 5) is 19.7. The van der Waals surface area contributed by atoms with Gasteiger partial charge in [0.15, 0.2) is 11.6 Å². The Balaban J connectivity index is 1.40. The minimum atomic E-state index is -0.0907. The predicted octanol–water partition coefficient (Wildman–Crippen LogP) is 4.01. The standard InChI is InChI=1S/C19H15ClN4O2/c20-13-6-2-1-5-12(13)11-18-24-23-17(26-18)10-9-16(25)19-21-14-7-3-4-8-15(14)22-19/h1-8H,9-11H2,(H,21,22). The SMILES string of the molecule is O=C(CCc1nnc(Cc2ccccc2Cl)o1)c1nc2ccccc2[nH]1. The molecule has 0 saturated heterocycles. The normalized spacial score (nSPS) is 11.1. The van der Waals surface area contributed by atoms with Crippen LogP contribution >= 0.6 is 11.6 Å². The van der Waals surface area contributed by atoms with Crippen LogP contribution in [0.25, 0.3) is 11.0 Å². The van der Waals surface area contributed by atoms with Crippen molar-refractivity contribution in [1.29, 1.82) is 0 Å². The van der Waals surface area contributed by atoms with Crippen molar-refractivity contribution in [3.8, 4) is 0 Å². The monoisotopic (exact) mass is 366 g/mol. The first kappa shape index (κ1) is 16.5. The summed E-state index contributed by atoms with van der Waals surface area (Å²) in [6.07, 6.45) is 1.07. The largest absolute Gasteiger partial charge is 0.425 e. The molecule has 2 heterocycles. The van der Waals surface area contributed by atoms with Crippen LogP contribution in [-0.2, 0) is 12.8 Å². The summed E-state index contributed by atoms with van der Waals surface area (Å²) >= 11 is 6.14. The molecule has 4 rings (SSSR count). The molecule has 1 N–H and O–H groups in total. The van der Waals surface area contributed by atoms with Crippen LogP contribution in [0.1, 0.15) is 34.4 Å². The van der Waals surface area contributed by atoms with E-state index in [-0.39, 0.29) is 12.2 Å². The fraction of sp³-hybridized carbons (Fsp3) is 0.158. The fourth-order valence-corrected chi connectivity index (χ4v) is 2.89. The Bertz CT molecular complexity index is 1040. The van der Waals surface area contributed by atoms with Crippen molar-refractivity contribution in [2.45, 2.75) is 19.3 Å². The van der Waals surface area contributed by atoms with Gasteiger partial charge in [0.25, 0.3) is 0 Å². The van der Waals surface area contributed by atoms with Crippen molar-refractivity contribution >= 4 is 28.4 Å². The molecule has 0 aliphatic heterocycles. The molecule has 0 fully saturated rings. The third-order valence-corrected chi connectivity index (χ3v) is 4.40. The first-order valence-electron chi connectivity index (χ1n) is 8.21. The lowest BCUT2D eigenvalue weighted by molar-refractivity contribution is 0.0971. The molecule has 0 aliphatic rings. The van der Waals surface area contributed by atoms with Gasteiger partial charge >= 0.3 is 0 Å². The molecule has 0 amide bonds. The first-order chi connectivity index (χ1) is 12.7. The van der Waals surface area contributed by atoms with E-state index < -0.39 is 0 Å². The number of halogens is 1. The zero-order valence-electron chi connectivity index (χ0n) is 13.8. The van der Waals surface area contributed by atoms with Gasteiger partial charge in [0, 0.05) is 17.9 Å². The highest BCUT2D eigenvalue weighted by atomic mass is 35.5. The van der Waals surface area contributed by atoms with Crippen LogP contribution in [-0.4, -0.2) is 25.9 Å². The maximum atomic E-state index is 12.3. The summed E-state index contributed by atoms with van der Waals surface area (Å²) < 4.78 is 5.62. The second-order valence-electron chi connectivity index (χ2n) is 5.88. The van der Waals surface area contributed by atoms with Crippen molar-refractivity contribution in [2.24, 2.45) is 0 Å². The lowest BCUT2D eigenvalue weighted by atomic mass is 10.1. The zero-order chi connectivity index (χ0) is 17.9. The quantitative estimate of drug-likeness (QED) is 0.521. The van der Waals surface area contributed by atoms with E-state index in [4.69, 9.17) is 16.0 Å². The number of aryl methyl sites for hydroxylation is 1. The highest BCUT2D eigenvalue weighted by Crippen LogP contribution is 2.19. The Morgan fingerprint density at radius 1 is 1.04 bits per heavy atom. The summed E-state index contributed by atoms with van der Waals surface area (Å²) in [7, 11) is 0. The first-order valence-corrected chi connectivity index (χ1v) is 8.59. The van der Waals surface area contributed by atoms with Gasteiger partial charge in [-0.15, -0.1) is 10.2 Å². The summed E-state index contributed by atoms with van der Waals surface area (Å²) in [5.74, 6) is 1.16. The van der Waals surface area contributed by atoms with Gasteiger partial charge in [0.05, 0.1) is 17.5 Å². The summed E-state index contributed by atoms with van der Waals surface area (Å²) in [6.45, 7) is 0. The van der Waals surface area contributed by atoms with E-state index in [1.54, 1.807) is 0 Å². The Hall–Kier alpha value is -2.99. The van der Waals surface area contributed by atoms with Crippen LogP contribution < -0.4 is 0 Å². The van der Waals surface area contributed by atoms with E-state index >= 15 is 0 Å². The molecule has 0 aliphatic carbocycles. The third kappa shape index (κ3) is 3.50. The number of rotatable bonds is 6. The molecule has 4 aromatic rings. The Morgan fingerprint density at radius 3 is 2.65 bits per heavy atom. The lowest BCUT2D eigenvalue weighted by Gasteiger charge is -1.99. The number of imidazole rings is 1. The minimum Gasteiger partial charge on any atom is -0.425 e. The molecule has 2 aromatic heterocycles. The number of H-pyrrole nitrogens is 1. The smallest absolute Gasteiger partial charge is 0.220 e. The van der Waals surface area contributed by atoms with E-state index in [1.165, 1.54) is 0 Å². The van der Waals surface area contributed by atoms with Gasteiger partial charge in [-0.05, 0) is 23.8 Å². The summed E-state index contributed by atoms with van der Waals surface area (Å²) in [5, 5.41) is 8.70. The number of fused-ring (bicyclic) bond motifs is 1. The highest BCUT2D eigenvalue weighted by molar-refractivity contribution is 6.31. The average Bonchev–Trinajstić information content (AvgIpc) is 3.28. The van der Waals surface area contributed by atoms with E-state index in [9.17, 15) is 4.79 Å². The van der Waals surface area contributed by atoms with Crippen LogP contribution in [0.15, 0.2) is 52.9 Å². The summed E-state index contributed by atoms with van der Waals surface area (Å²) in [5.41, 5.74) is 2.54. The molecule has 7 heteroatoms. The van der Waals surface area contributed by atoms with Crippen molar-refractivity contribution in [2.75, 3.05) is 0 Å². The Kier molecular flexibility index (Phi) is 4.50. The third-order valence-electron chi connectivity index (χ3n) is 4.03. The number of aromatic nitrogens is 4. The van der Waals surface area contributed by atoms with Gasteiger partial charge in [-0.1, -0.05) is 41.9 Å². The zero-order valence-corrected chi connectivity index (χ0v) is 14.5. The number of Topliss-reactive ketones (excluding diaryl/α,β-unsaturated/α-hetero) is 1. The Morgan fingerprint density at radius 2 is 1.81 bits per heavy atom. The number of carbonyl (C=O) groups is 1. The molecular weight excluding hydrogens is 352 g/mol. The molecule has 6 nitrogen and oxygen atoms in total. The second-order valence-corrected chi connectivity index (χ2v) is 6.29. The Labute approximate surface area is 154 Å². The number of nitrogens with zero attached hydrogens (tertiary/aromatic N) is 3. The number of nitrogens with one attached hydrogen (secondary N) is 1. The number of para-hydroxylation sites is 2. The number of ketones is 1. The lowest BCUT2D eigenvalue weighted by Crippen LogP contribution is -2.03. The molecular formula is C19H15ClN4O2. The van der Waals surface area contributed by atoms with E-state index in [0.29, 0.717) is 35.5 Å². The van der Waals surface area contributed by atoms with Crippen LogP contribution in [0, 0.1) is 0 Å². The van der Waals surface area contributed by atoms with Crippen molar-refractivity contribution < 1.29 is 9.21 Å². The molecule has 0 saturated carbocycles. The van der Waals surface area contributed by atoms with Crippen LogP contribution in [0.3, 0.4) is 0 Å². The van der Waals surface area contributed by atoms with Gasteiger partial charge in [-0.25, -0.2) is 4.98 Å². The van der Waals surface area contributed by atoms with Crippen molar-refractivity contribution in [1.82, 2.24) is 20.2 Å². The van der Waals surface area contributed by atoms with Gasteiger partial charge in [-0.3, -0.25) is 4.79 Å². The number of hydrogen-bond donors (Lipinski definition) is 1. The molecule has 0 bridgehead atoms. The number of hydrogen-bond acceptors (Lipinski definition) is 5. The number of aromatic amines is 1.